The fourth-order valence-corrected chi connectivity index (χ4v) is 2.91. The van der Waals surface area contributed by atoms with Gasteiger partial charge in [0.15, 0.2) is 11.5 Å². The van der Waals surface area contributed by atoms with E-state index in [9.17, 15) is 24.3 Å². The summed E-state index contributed by atoms with van der Waals surface area (Å²) in [6.45, 7) is 11.3. The lowest BCUT2D eigenvalue weighted by Gasteiger charge is -2.28. The third kappa shape index (κ3) is 10.8. The van der Waals surface area contributed by atoms with Gasteiger partial charge in [0.05, 0.1) is 7.11 Å². The maximum atomic E-state index is 12.3. The molecule has 0 saturated carbocycles. The predicted molar refractivity (Wildman–Crippen MR) is 126 cm³/mol. The van der Waals surface area contributed by atoms with E-state index in [1.807, 2.05) is 0 Å². The number of hydrogen-bond acceptors (Lipinski definition) is 11. The van der Waals surface area contributed by atoms with Gasteiger partial charge in [-0.2, -0.15) is 0 Å². The lowest BCUT2D eigenvalue weighted by Crippen LogP contribution is -2.52. The molecule has 202 valence electrons. The Labute approximate surface area is 209 Å². The molecule has 0 fully saturated rings. The van der Waals surface area contributed by atoms with Crippen molar-refractivity contribution < 1.29 is 52.7 Å². The van der Waals surface area contributed by atoms with Gasteiger partial charge in [0.25, 0.3) is 0 Å². The Morgan fingerprint density at radius 2 is 1.39 bits per heavy atom. The summed E-state index contributed by atoms with van der Waals surface area (Å²) in [6, 6.07) is 4.04. The van der Waals surface area contributed by atoms with Crippen LogP contribution in [0.1, 0.15) is 60.5 Å². The Morgan fingerprint density at radius 3 is 1.83 bits per heavy atom. The minimum atomic E-state index is -1.87. The Hall–Kier alpha value is -3.54. The van der Waals surface area contributed by atoms with Gasteiger partial charge in [0.1, 0.15) is 22.8 Å². The largest absolute Gasteiger partial charge is 0.514 e. The van der Waals surface area contributed by atoms with Crippen molar-refractivity contribution in [2.45, 2.75) is 84.2 Å². The summed E-state index contributed by atoms with van der Waals surface area (Å²) in [5.74, 6) is -1.75. The molecule has 0 amide bonds. The van der Waals surface area contributed by atoms with Gasteiger partial charge in [0.2, 0.25) is 0 Å². The second-order valence-electron chi connectivity index (χ2n) is 10.1. The molecule has 1 aromatic carbocycles. The Bertz CT molecular complexity index is 962. The third-order valence-electron chi connectivity index (χ3n) is 4.24. The van der Waals surface area contributed by atoms with Crippen molar-refractivity contribution in [3.63, 3.8) is 0 Å². The molecule has 0 radical (unpaired) electrons. The average molecular weight is 514 g/mol. The van der Waals surface area contributed by atoms with E-state index in [2.05, 4.69) is 4.74 Å². The van der Waals surface area contributed by atoms with Crippen LogP contribution in [0.4, 0.5) is 14.4 Å². The number of carboxylic acid groups (broad SMARTS) is 1. The van der Waals surface area contributed by atoms with Crippen molar-refractivity contribution in [3.8, 4) is 11.5 Å². The number of ether oxygens (including phenoxy) is 6. The van der Waals surface area contributed by atoms with Crippen molar-refractivity contribution in [2.75, 3.05) is 7.11 Å². The van der Waals surface area contributed by atoms with E-state index < -0.39 is 47.3 Å². The van der Waals surface area contributed by atoms with Crippen molar-refractivity contribution in [1.29, 1.82) is 0 Å². The van der Waals surface area contributed by atoms with Crippen molar-refractivity contribution in [3.05, 3.63) is 23.8 Å². The molecule has 0 bridgehead atoms. The average Bonchev–Trinajstić information content (AvgIpc) is 2.66. The smallest absolute Gasteiger partial charge is 0.480 e. The maximum Gasteiger partial charge on any atom is 0.514 e. The van der Waals surface area contributed by atoms with E-state index in [4.69, 9.17) is 29.4 Å². The van der Waals surface area contributed by atoms with Crippen LogP contribution in [0.25, 0.3) is 0 Å². The van der Waals surface area contributed by atoms with Gasteiger partial charge >= 0.3 is 24.4 Å². The molecule has 12 heteroatoms. The Morgan fingerprint density at radius 1 is 0.889 bits per heavy atom. The molecule has 2 atom stereocenters. The molecular weight excluding hydrogens is 478 g/mol. The quantitative estimate of drug-likeness (QED) is 0.289. The summed E-state index contributed by atoms with van der Waals surface area (Å²) < 4.78 is 30.1. The summed E-state index contributed by atoms with van der Waals surface area (Å²) in [4.78, 5) is 47.8. The number of methoxy groups -OCH3 is 1. The first kappa shape index (κ1) is 30.5. The van der Waals surface area contributed by atoms with Crippen LogP contribution < -0.4 is 15.2 Å². The third-order valence-corrected chi connectivity index (χ3v) is 4.24. The molecule has 0 heterocycles. The van der Waals surface area contributed by atoms with Gasteiger partial charge in [-0.05, 0) is 66.2 Å². The zero-order valence-electron chi connectivity index (χ0n) is 21.8. The number of aliphatic carboxylic acids is 1. The maximum absolute atomic E-state index is 12.3. The van der Waals surface area contributed by atoms with Crippen LogP contribution in [0.5, 0.6) is 11.5 Å². The monoisotopic (exact) mass is 513 g/mol. The van der Waals surface area contributed by atoms with E-state index in [1.54, 1.807) is 41.5 Å². The molecule has 0 aliphatic carbocycles. The van der Waals surface area contributed by atoms with Crippen LogP contribution in [0.2, 0.25) is 0 Å². The highest BCUT2D eigenvalue weighted by molar-refractivity contribution is 5.79. The first-order valence-corrected chi connectivity index (χ1v) is 11.0. The molecule has 3 N–H and O–H groups in total. The van der Waals surface area contributed by atoms with Crippen LogP contribution in [-0.2, 0) is 30.2 Å². The van der Waals surface area contributed by atoms with Crippen molar-refractivity contribution >= 4 is 24.4 Å². The molecule has 0 aliphatic heterocycles. The molecular formula is C24H35NO11. The van der Waals surface area contributed by atoms with Gasteiger partial charge in [-0.3, -0.25) is 4.79 Å². The molecule has 1 aromatic rings. The van der Waals surface area contributed by atoms with Crippen LogP contribution in [-0.4, -0.2) is 59.5 Å². The number of benzene rings is 1. The number of carbonyl (C=O) groups excluding carboxylic acids is 3. The minimum Gasteiger partial charge on any atom is -0.480 e. The molecule has 0 aliphatic rings. The normalized spacial score (nSPS) is 14.0. The van der Waals surface area contributed by atoms with E-state index in [1.165, 1.54) is 25.1 Å². The van der Waals surface area contributed by atoms with Crippen LogP contribution in [0.15, 0.2) is 18.2 Å². The molecule has 0 spiro atoms. The SMILES string of the molecule is COC(=O)O[C@@H](C)CC(N)(Cc1ccc(OC(=O)OC(C)(C)C)c(OC(=O)OC(C)(C)C)c1)C(=O)O. The molecule has 1 unspecified atom stereocenters. The van der Waals surface area contributed by atoms with Gasteiger partial charge in [-0.15, -0.1) is 0 Å². The fourth-order valence-electron chi connectivity index (χ4n) is 2.91. The number of rotatable bonds is 8. The Balaban J connectivity index is 3.27. The lowest BCUT2D eigenvalue weighted by molar-refractivity contribution is -0.144. The zero-order valence-corrected chi connectivity index (χ0v) is 21.8. The van der Waals surface area contributed by atoms with Crippen molar-refractivity contribution in [2.24, 2.45) is 5.73 Å². The summed E-state index contributed by atoms with van der Waals surface area (Å²) >= 11 is 0. The summed E-state index contributed by atoms with van der Waals surface area (Å²) in [7, 11) is 1.12. The van der Waals surface area contributed by atoms with Gasteiger partial charge in [-0.25, -0.2) is 14.4 Å². The number of carbonyl (C=O) groups is 4. The fraction of sp³-hybridized carbons (Fsp3) is 0.583. The molecule has 36 heavy (non-hydrogen) atoms. The van der Waals surface area contributed by atoms with Gasteiger partial charge in [-0.1, -0.05) is 6.07 Å². The lowest BCUT2D eigenvalue weighted by atomic mass is 9.86. The van der Waals surface area contributed by atoms with E-state index >= 15 is 0 Å². The van der Waals surface area contributed by atoms with Crippen LogP contribution in [0.3, 0.4) is 0 Å². The number of hydrogen-bond donors (Lipinski definition) is 2. The van der Waals surface area contributed by atoms with E-state index in [0.717, 1.165) is 7.11 Å². The van der Waals surface area contributed by atoms with Crippen molar-refractivity contribution in [1.82, 2.24) is 0 Å². The van der Waals surface area contributed by atoms with E-state index in [-0.39, 0.29) is 24.3 Å². The highest BCUT2D eigenvalue weighted by atomic mass is 16.8. The highest BCUT2D eigenvalue weighted by Crippen LogP contribution is 2.32. The van der Waals surface area contributed by atoms with Crippen LogP contribution >= 0.6 is 0 Å². The highest BCUT2D eigenvalue weighted by Gasteiger charge is 2.37. The molecule has 12 nitrogen and oxygen atoms in total. The summed E-state index contributed by atoms with van der Waals surface area (Å²) in [5.41, 5.74) is 2.88. The van der Waals surface area contributed by atoms with Crippen LogP contribution in [0, 0.1) is 0 Å². The first-order valence-electron chi connectivity index (χ1n) is 11.0. The first-order chi connectivity index (χ1) is 16.3. The number of carboxylic acids is 1. The van der Waals surface area contributed by atoms with Gasteiger partial charge < -0.3 is 39.3 Å². The number of nitrogens with two attached hydrogens (primary N) is 1. The Kier molecular flexibility index (Phi) is 10.1. The minimum absolute atomic E-state index is 0.167. The predicted octanol–water partition coefficient (Wildman–Crippen LogP) is 4.20. The molecule has 0 aromatic heterocycles. The van der Waals surface area contributed by atoms with E-state index in [0.29, 0.717) is 5.56 Å². The van der Waals surface area contributed by atoms with Gasteiger partial charge in [0, 0.05) is 12.8 Å². The summed E-state index contributed by atoms with van der Waals surface area (Å²) in [6.07, 6.45) is -4.50. The second kappa shape index (κ2) is 11.9. The summed E-state index contributed by atoms with van der Waals surface area (Å²) in [5, 5.41) is 9.77. The molecule has 0 saturated heterocycles. The second-order valence-corrected chi connectivity index (χ2v) is 10.1. The topological polar surface area (TPSA) is 170 Å². The zero-order chi connectivity index (χ0) is 27.9. The molecule has 1 rings (SSSR count). The standard InChI is InChI=1S/C24H35NO11/c1-14(32-19(28)31-8)12-24(25,18(26)27)13-15-9-10-16(33-20(29)35-22(2,3)4)17(11-15)34-21(30)36-23(5,6)7/h9-11,14H,12-13,25H2,1-8H3,(H,26,27)/t14-,24?/m0/s1.